The van der Waals surface area contributed by atoms with Crippen LogP contribution in [0.25, 0.3) is 22.7 Å². The van der Waals surface area contributed by atoms with Crippen molar-refractivity contribution < 1.29 is 4.74 Å². The molecule has 1 N–H and O–H groups in total. The minimum absolute atomic E-state index is 0. The summed E-state index contributed by atoms with van der Waals surface area (Å²) >= 11 is 6.22. The third kappa shape index (κ3) is 4.71. The lowest BCUT2D eigenvalue weighted by Gasteiger charge is -2.14. The van der Waals surface area contributed by atoms with Gasteiger partial charge in [0.25, 0.3) is 0 Å². The van der Waals surface area contributed by atoms with Gasteiger partial charge in [0.15, 0.2) is 11.5 Å². The molecule has 0 aliphatic heterocycles. The van der Waals surface area contributed by atoms with Crippen LogP contribution in [0, 0.1) is 12.8 Å². The Kier molecular flexibility index (Phi) is 6.45. The summed E-state index contributed by atoms with van der Waals surface area (Å²) in [4.78, 5) is 12.1. The van der Waals surface area contributed by atoms with Gasteiger partial charge in [-0.3, -0.25) is 4.68 Å². The molecule has 0 spiro atoms. The number of benzene rings is 1. The molecule has 0 unspecified atom stereocenters. The van der Waals surface area contributed by atoms with E-state index in [-0.39, 0.29) is 12.4 Å². The first-order valence-corrected chi connectivity index (χ1v) is 9.64. The predicted molar refractivity (Wildman–Crippen MR) is 118 cm³/mol. The van der Waals surface area contributed by atoms with E-state index in [9.17, 15) is 0 Å². The molecular weight excluding hydrogens is 409 g/mol. The molecule has 152 valence electrons. The van der Waals surface area contributed by atoms with Crippen LogP contribution >= 0.6 is 24.0 Å². The summed E-state index contributed by atoms with van der Waals surface area (Å²) in [5.41, 5.74) is 4.38. The lowest BCUT2D eigenvalue weighted by Crippen LogP contribution is -2.09. The van der Waals surface area contributed by atoms with Crippen LogP contribution in [0.5, 0.6) is 5.75 Å². The Balaban J connectivity index is 0.00000240. The highest BCUT2D eigenvalue weighted by Gasteiger charge is 2.14. The number of halogens is 2. The maximum Gasteiger partial charge on any atom is 0.178 e. The van der Waals surface area contributed by atoms with Crippen molar-refractivity contribution in [2.45, 2.75) is 27.3 Å². The van der Waals surface area contributed by atoms with Gasteiger partial charge in [0.2, 0.25) is 0 Å². The molecule has 0 aliphatic carbocycles. The van der Waals surface area contributed by atoms with Gasteiger partial charge in [-0.25, -0.2) is 9.97 Å². The number of H-pyrrole nitrogens is 1. The van der Waals surface area contributed by atoms with Gasteiger partial charge in [0, 0.05) is 22.5 Å². The molecule has 3 aromatic heterocycles. The monoisotopic (exact) mass is 431 g/mol. The van der Waals surface area contributed by atoms with Crippen LogP contribution in [-0.2, 0) is 6.54 Å². The maximum atomic E-state index is 6.22. The molecule has 6 nitrogen and oxygen atoms in total. The number of nitrogens with one attached hydrogen (secondary N) is 1. The first kappa shape index (κ1) is 21.1. The second kappa shape index (κ2) is 8.84. The van der Waals surface area contributed by atoms with Crippen LogP contribution in [0.4, 0.5) is 0 Å². The number of pyridine rings is 1. The molecule has 8 heteroatoms. The van der Waals surface area contributed by atoms with Crippen molar-refractivity contribution in [2.24, 2.45) is 5.92 Å². The van der Waals surface area contributed by atoms with Gasteiger partial charge < -0.3 is 9.72 Å². The number of ether oxygens (including phenoxy) is 1. The van der Waals surface area contributed by atoms with Gasteiger partial charge in [-0.05, 0) is 49.2 Å². The third-order valence-electron chi connectivity index (χ3n) is 4.40. The van der Waals surface area contributed by atoms with E-state index in [0.29, 0.717) is 35.6 Å². The number of aryl methyl sites for hydroxylation is 1. The Morgan fingerprint density at radius 2 is 2.03 bits per heavy atom. The fourth-order valence-corrected chi connectivity index (χ4v) is 3.18. The molecule has 0 saturated carbocycles. The molecule has 1 aromatic carbocycles. The number of nitrogens with zero attached hydrogens (tertiary/aromatic N) is 4. The summed E-state index contributed by atoms with van der Waals surface area (Å²) in [7, 11) is 0. The number of rotatable bonds is 6. The van der Waals surface area contributed by atoms with E-state index in [1.807, 2.05) is 48.0 Å². The lowest BCUT2D eigenvalue weighted by molar-refractivity contribution is 0.268. The molecule has 4 aromatic rings. The molecule has 0 fully saturated rings. The van der Waals surface area contributed by atoms with E-state index in [0.717, 1.165) is 28.2 Å². The maximum absolute atomic E-state index is 6.22. The molecule has 0 atom stereocenters. The first-order valence-electron chi connectivity index (χ1n) is 9.26. The standard InChI is InChI=1S/C21H22ClN5O.ClH/c1-13(2)12-28-19-7-6-16(22)10-15(19)11-27-14(3)9-18(26-27)21-24-17-5-4-8-23-20(17)25-21;/h4-10,13H,11-12H2,1-3H3,(H,23,24,25);1H. The van der Waals surface area contributed by atoms with Gasteiger partial charge in [0.05, 0.1) is 18.7 Å². The van der Waals surface area contributed by atoms with E-state index in [1.165, 1.54) is 0 Å². The average molecular weight is 432 g/mol. The molecule has 0 aliphatic rings. The normalized spacial score (nSPS) is 11.1. The molecule has 0 amide bonds. The number of fused-ring (bicyclic) bond motifs is 1. The van der Waals surface area contributed by atoms with Crippen molar-refractivity contribution in [3.8, 4) is 17.3 Å². The minimum Gasteiger partial charge on any atom is -0.493 e. The summed E-state index contributed by atoms with van der Waals surface area (Å²) in [6.07, 6.45) is 1.73. The van der Waals surface area contributed by atoms with Gasteiger partial charge >= 0.3 is 0 Å². The van der Waals surface area contributed by atoms with Crippen LogP contribution in [-0.4, -0.2) is 31.3 Å². The SMILES string of the molecule is Cc1cc(-c2nc3ncccc3[nH]2)nn1Cc1cc(Cl)ccc1OCC(C)C.Cl. The second-order valence-electron chi connectivity index (χ2n) is 7.25. The highest BCUT2D eigenvalue weighted by Crippen LogP contribution is 2.26. The quantitative estimate of drug-likeness (QED) is 0.450. The number of imidazole rings is 1. The molecule has 29 heavy (non-hydrogen) atoms. The first-order chi connectivity index (χ1) is 13.5. The topological polar surface area (TPSA) is 68.6 Å². The van der Waals surface area contributed by atoms with Crippen molar-refractivity contribution >= 4 is 35.2 Å². The van der Waals surface area contributed by atoms with Crippen LogP contribution in [0.2, 0.25) is 5.02 Å². The predicted octanol–water partition coefficient (Wildman–Crippen LogP) is 5.29. The summed E-state index contributed by atoms with van der Waals surface area (Å²) in [5.74, 6) is 1.99. The number of hydrogen-bond acceptors (Lipinski definition) is 4. The summed E-state index contributed by atoms with van der Waals surface area (Å²) < 4.78 is 7.90. The van der Waals surface area contributed by atoms with Crippen molar-refractivity contribution in [2.75, 3.05) is 6.61 Å². The van der Waals surface area contributed by atoms with Crippen molar-refractivity contribution in [3.63, 3.8) is 0 Å². The Morgan fingerprint density at radius 3 is 2.79 bits per heavy atom. The zero-order valence-electron chi connectivity index (χ0n) is 16.5. The summed E-state index contributed by atoms with van der Waals surface area (Å²) in [5, 5.41) is 5.41. The summed E-state index contributed by atoms with van der Waals surface area (Å²) in [6, 6.07) is 11.5. The van der Waals surface area contributed by atoms with Crippen molar-refractivity contribution in [3.05, 3.63) is 58.9 Å². The molecule has 0 bridgehead atoms. The van der Waals surface area contributed by atoms with Gasteiger partial charge in [-0.2, -0.15) is 5.10 Å². The van der Waals surface area contributed by atoms with Crippen LogP contribution in [0.1, 0.15) is 25.1 Å². The Bertz CT molecular complexity index is 1090. The van der Waals surface area contributed by atoms with E-state index in [2.05, 4.69) is 28.8 Å². The summed E-state index contributed by atoms with van der Waals surface area (Å²) in [6.45, 7) is 7.50. The molecule has 3 heterocycles. The van der Waals surface area contributed by atoms with E-state index >= 15 is 0 Å². The largest absolute Gasteiger partial charge is 0.493 e. The van der Waals surface area contributed by atoms with Crippen molar-refractivity contribution in [1.82, 2.24) is 24.7 Å². The molecule has 0 radical (unpaired) electrons. The smallest absolute Gasteiger partial charge is 0.178 e. The zero-order valence-corrected chi connectivity index (χ0v) is 18.1. The molecule has 4 rings (SSSR count). The highest BCUT2D eigenvalue weighted by molar-refractivity contribution is 6.30. The Morgan fingerprint density at radius 1 is 1.21 bits per heavy atom. The van der Waals surface area contributed by atoms with Crippen LogP contribution in [0.3, 0.4) is 0 Å². The van der Waals surface area contributed by atoms with Crippen molar-refractivity contribution in [1.29, 1.82) is 0 Å². The van der Waals surface area contributed by atoms with E-state index in [1.54, 1.807) is 6.20 Å². The molecular formula is C21H23Cl2N5O. The zero-order chi connectivity index (χ0) is 19.7. The van der Waals surface area contributed by atoms with Gasteiger partial charge in [0.1, 0.15) is 11.4 Å². The fourth-order valence-electron chi connectivity index (χ4n) is 2.98. The highest BCUT2D eigenvalue weighted by atomic mass is 35.5. The lowest BCUT2D eigenvalue weighted by atomic mass is 10.2. The fraction of sp³-hybridized carbons (Fsp3) is 0.286. The van der Waals surface area contributed by atoms with Gasteiger partial charge in [-0.1, -0.05) is 25.4 Å². The molecule has 0 saturated heterocycles. The number of aromatic amines is 1. The van der Waals surface area contributed by atoms with E-state index < -0.39 is 0 Å². The second-order valence-corrected chi connectivity index (χ2v) is 7.68. The van der Waals surface area contributed by atoms with Gasteiger partial charge in [-0.15, -0.1) is 12.4 Å². The minimum atomic E-state index is 0. The van der Waals surface area contributed by atoms with Crippen LogP contribution in [0.15, 0.2) is 42.6 Å². The van der Waals surface area contributed by atoms with E-state index in [4.69, 9.17) is 21.4 Å². The third-order valence-corrected chi connectivity index (χ3v) is 4.63. The average Bonchev–Trinajstić information content (AvgIpc) is 3.24. The number of aromatic nitrogens is 5. The Hall–Kier alpha value is -2.57. The van der Waals surface area contributed by atoms with Crippen LogP contribution < -0.4 is 4.74 Å². The number of hydrogen-bond donors (Lipinski definition) is 1. The Labute approximate surface area is 180 Å².